The molecule has 1 amide bonds. The molecule has 1 aromatic rings. The SMILES string of the molecule is CCCCN(C(=O)OC1CC2CC[N+]1(CCCC#N)CC2)c1ccccc1. The summed E-state index contributed by atoms with van der Waals surface area (Å²) < 4.78 is 7.01. The number of piperidine rings is 3. The second-order valence-electron chi connectivity index (χ2n) is 8.01. The van der Waals surface area contributed by atoms with E-state index in [2.05, 4.69) is 13.0 Å². The Labute approximate surface area is 163 Å². The fourth-order valence-corrected chi connectivity index (χ4v) is 4.60. The van der Waals surface area contributed by atoms with E-state index in [4.69, 9.17) is 10.00 Å². The van der Waals surface area contributed by atoms with E-state index in [1.807, 2.05) is 30.3 Å². The minimum Gasteiger partial charge on any atom is -0.396 e. The summed E-state index contributed by atoms with van der Waals surface area (Å²) in [7, 11) is 0. The van der Waals surface area contributed by atoms with Gasteiger partial charge in [-0.05, 0) is 24.5 Å². The summed E-state index contributed by atoms with van der Waals surface area (Å²) in [5.74, 6) is 0.680. The van der Waals surface area contributed by atoms with Crippen LogP contribution in [0.4, 0.5) is 10.5 Å². The third-order valence-corrected chi connectivity index (χ3v) is 6.26. The highest BCUT2D eigenvalue weighted by Gasteiger charge is 2.49. The van der Waals surface area contributed by atoms with Crippen molar-refractivity contribution in [1.82, 2.24) is 0 Å². The molecule has 5 nitrogen and oxygen atoms in total. The average molecular weight is 371 g/mol. The van der Waals surface area contributed by atoms with Gasteiger partial charge in [-0.2, -0.15) is 5.26 Å². The molecule has 0 aromatic heterocycles. The van der Waals surface area contributed by atoms with E-state index >= 15 is 0 Å². The van der Waals surface area contributed by atoms with Gasteiger partial charge in [-0.3, -0.25) is 9.38 Å². The van der Waals surface area contributed by atoms with E-state index in [1.165, 1.54) is 12.8 Å². The zero-order valence-corrected chi connectivity index (χ0v) is 16.5. The molecule has 0 radical (unpaired) electrons. The molecule has 3 fully saturated rings. The van der Waals surface area contributed by atoms with Gasteiger partial charge in [0.2, 0.25) is 6.23 Å². The minimum absolute atomic E-state index is 0.0588. The first-order chi connectivity index (χ1) is 13.2. The average Bonchev–Trinajstić information content (AvgIpc) is 2.70. The second kappa shape index (κ2) is 9.23. The zero-order valence-electron chi connectivity index (χ0n) is 16.5. The zero-order chi connectivity index (χ0) is 19.1. The molecule has 3 aliphatic rings. The highest BCUT2D eigenvalue weighted by molar-refractivity contribution is 5.87. The van der Waals surface area contributed by atoms with Crippen LogP contribution in [0, 0.1) is 17.2 Å². The van der Waals surface area contributed by atoms with Crippen molar-refractivity contribution < 1.29 is 14.0 Å². The number of carbonyl (C=O) groups is 1. The van der Waals surface area contributed by atoms with Crippen LogP contribution in [0.2, 0.25) is 0 Å². The van der Waals surface area contributed by atoms with Crippen LogP contribution in [0.3, 0.4) is 0 Å². The fourth-order valence-electron chi connectivity index (χ4n) is 4.60. The lowest BCUT2D eigenvalue weighted by molar-refractivity contribution is -0.984. The lowest BCUT2D eigenvalue weighted by Crippen LogP contribution is -2.65. The van der Waals surface area contributed by atoms with E-state index in [1.54, 1.807) is 4.90 Å². The number of para-hydroxylation sites is 1. The van der Waals surface area contributed by atoms with Gasteiger partial charge in [0, 0.05) is 44.3 Å². The number of amides is 1. The molecule has 3 heterocycles. The number of hydrogen-bond acceptors (Lipinski definition) is 3. The standard InChI is InChI=1S/C22H32N3O2/c1-2-3-14-24(20-9-5-4-6-10-20)22(26)27-21-18-19-11-16-25(21,17-12-19)15-8-7-13-23/h4-6,9-10,19,21H,2-3,7-8,11-12,14-18H2,1H3/q+1. The molecule has 2 bridgehead atoms. The number of benzene rings is 1. The highest BCUT2D eigenvalue weighted by Crippen LogP contribution is 2.39. The van der Waals surface area contributed by atoms with E-state index in [0.29, 0.717) is 18.9 Å². The van der Waals surface area contributed by atoms with Crippen molar-refractivity contribution in [1.29, 1.82) is 5.26 Å². The van der Waals surface area contributed by atoms with E-state index < -0.39 is 0 Å². The number of nitrogens with zero attached hydrogens (tertiary/aromatic N) is 3. The maximum Gasteiger partial charge on any atom is 0.418 e. The Bertz CT molecular complexity index is 647. The number of fused-ring (bicyclic) bond motifs is 3. The molecule has 27 heavy (non-hydrogen) atoms. The van der Waals surface area contributed by atoms with Crippen molar-refractivity contribution in [2.45, 2.75) is 58.1 Å². The highest BCUT2D eigenvalue weighted by atomic mass is 16.6. The summed E-state index contributed by atoms with van der Waals surface area (Å²) >= 11 is 0. The number of nitriles is 1. The van der Waals surface area contributed by atoms with Crippen LogP contribution in [0.1, 0.15) is 51.9 Å². The van der Waals surface area contributed by atoms with Crippen molar-refractivity contribution >= 4 is 11.8 Å². The molecule has 0 N–H and O–H groups in total. The number of unbranched alkanes of at least 4 members (excludes halogenated alkanes) is 2. The van der Waals surface area contributed by atoms with E-state index in [0.717, 1.165) is 55.5 Å². The number of quaternary nitrogens is 1. The summed E-state index contributed by atoms with van der Waals surface area (Å²) in [5, 5.41) is 8.91. The summed E-state index contributed by atoms with van der Waals surface area (Å²) in [4.78, 5) is 14.9. The fraction of sp³-hybridized carbons (Fsp3) is 0.636. The van der Waals surface area contributed by atoms with Crippen LogP contribution < -0.4 is 4.90 Å². The maximum atomic E-state index is 13.1. The van der Waals surface area contributed by atoms with Crippen LogP contribution in [-0.2, 0) is 4.74 Å². The number of anilines is 1. The Morgan fingerprint density at radius 3 is 2.67 bits per heavy atom. The first-order valence-corrected chi connectivity index (χ1v) is 10.4. The Morgan fingerprint density at radius 1 is 1.26 bits per heavy atom. The molecule has 1 atom stereocenters. The summed E-state index contributed by atoms with van der Waals surface area (Å²) in [6, 6.07) is 12.1. The van der Waals surface area contributed by atoms with Crippen molar-refractivity contribution in [3.8, 4) is 6.07 Å². The normalized spacial score (nSPS) is 26.4. The first kappa shape index (κ1) is 19.7. The van der Waals surface area contributed by atoms with Crippen LogP contribution in [0.15, 0.2) is 30.3 Å². The van der Waals surface area contributed by atoms with Gasteiger partial charge in [0.15, 0.2) is 0 Å². The van der Waals surface area contributed by atoms with Crippen LogP contribution in [-0.4, -0.2) is 43.0 Å². The lowest BCUT2D eigenvalue weighted by atomic mass is 9.84. The number of carbonyl (C=O) groups excluding carboxylic acids is 1. The van der Waals surface area contributed by atoms with E-state index in [9.17, 15) is 4.79 Å². The molecule has 3 saturated heterocycles. The van der Waals surface area contributed by atoms with E-state index in [-0.39, 0.29) is 12.3 Å². The van der Waals surface area contributed by atoms with Crippen molar-refractivity contribution in [3.63, 3.8) is 0 Å². The monoisotopic (exact) mass is 370 g/mol. The Morgan fingerprint density at radius 2 is 2.00 bits per heavy atom. The van der Waals surface area contributed by atoms with Gasteiger partial charge in [-0.25, -0.2) is 4.79 Å². The van der Waals surface area contributed by atoms with Crippen LogP contribution >= 0.6 is 0 Å². The maximum absolute atomic E-state index is 13.1. The smallest absolute Gasteiger partial charge is 0.396 e. The van der Waals surface area contributed by atoms with Gasteiger partial charge < -0.3 is 4.74 Å². The molecule has 0 aliphatic carbocycles. The third kappa shape index (κ3) is 4.62. The molecule has 0 spiro atoms. The molecule has 5 heteroatoms. The topological polar surface area (TPSA) is 53.3 Å². The summed E-state index contributed by atoms with van der Waals surface area (Å²) in [6.07, 6.45) is 6.59. The number of hydrogen-bond donors (Lipinski definition) is 0. The summed E-state index contributed by atoms with van der Waals surface area (Å²) in [6.45, 7) is 5.92. The third-order valence-electron chi connectivity index (χ3n) is 6.26. The lowest BCUT2D eigenvalue weighted by Gasteiger charge is -2.53. The molecule has 1 unspecified atom stereocenters. The Balaban J connectivity index is 1.72. The summed E-state index contributed by atoms with van der Waals surface area (Å²) in [5.41, 5.74) is 0.906. The van der Waals surface area contributed by atoms with Gasteiger partial charge >= 0.3 is 6.09 Å². The molecule has 1 aromatic carbocycles. The van der Waals surface area contributed by atoms with Crippen LogP contribution in [0.25, 0.3) is 0 Å². The van der Waals surface area contributed by atoms with Gasteiger partial charge in [0.1, 0.15) is 0 Å². The first-order valence-electron chi connectivity index (χ1n) is 10.4. The second-order valence-corrected chi connectivity index (χ2v) is 8.01. The van der Waals surface area contributed by atoms with Crippen LogP contribution in [0.5, 0.6) is 0 Å². The largest absolute Gasteiger partial charge is 0.418 e. The molecular weight excluding hydrogens is 338 g/mol. The van der Waals surface area contributed by atoms with Crippen molar-refractivity contribution in [3.05, 3.63) is 30.3 Å². The molecule has 0 saturated carbocycles. The molecule has 146 valence electrons. The van der Waals surface area contributed by atoms with Gasteiger partial charge in [-0.1, -0.05) is 31.5 Å². The predicted octanol–water partition coefficient (Wildman–Crippen LogP) is 4.69. The van der Waals surface area contributed by atoms with Crippen molar-refractivity contribution in [2.75, 3.05) is 31.1 Å². The number of ether oxygens (including phenoxy) is 1. The number of rotatable bonds is 8. The molecule has 4 rings (SSSR count). The van der Waals surface area contributed by atoms with Gasteiger partial charge in [0.05, 0.1) is 25.7 Å². The van der Waals surface area contributed by atoms with Gasteiger partial charge in [-0.15, -0.1) is 0 Å². The molecule has 3 aliphatic heterocycles. The quantitative estimate of drug-likeness (QED) is 0.493. The Kier molecular flexibility index (Phi) is 6.73. The molecular formula is C22H32N3O2+. The minimum atomic E-state index is -0.218. The Hall–Kier alpha value is -2.06. The van der Waals surface area contributed by atoms with Gasteiger partial charge in [0.25, 0.3) is 0 Å². The predicted molar refractivity (Wildman–Crippen MR) is 106 cm³/mol. The van der Waals surface area contributed by atoms with Crippen molar-refractivity contribution in [2.24, 2.45) is 5.92 Å².